The highest BCUT2D eigenvalue weighted by molar-refractivity contribution is 7.89. The number of anilines is 1. The molecule has 1 aliphatic heterocycles. The SMILES string of the molecule is C[C@H]1C[C@H](C)CN(S(=O)(=O)c2ccc(NC(=O)Cn3cnnn3)cc2)C1. The van der Waals surface area contributed by atoms with Crippen LogP contribution in [0.25, 0.3) is 0 Å². The third kappa shape index (κ3) is 4.25. The second-order valence-electron chi connectivity index (χ2n) is 6.85. The zero-order chi connectivity index (χ0) is 18.7. The Kier molecular flexibility index (Phi) is 5.33. The summed E-state index contributed by atoms with van der Waals surface area (Å²) < 4.78 is 28.5. The van der Waals surface area contributed by atoms with E-state index in [0.717, 1.165) is 6.42 Å². The Morgan fingerprint density at radius 2 is 1.85 bits per heavy atom. The molecule has 1 aromatic heterocycles. The lowest BCUT2D eigenvalue weighted by atomic mass is 9.94. The molecule has 3 rings (SSSR count). The van der Waals surface area contributed by atoms with Gasteiger partial charge >= 0.3 is 0 Å². The number of benzene rings is 1. The molecule has 1 N–H and O–H groups in total. The van der Waals surface area contributed by atoms with Crippen LogP contribution in [-0.2, 0) is 21.4 Å². The van der Waals surface area contributed by atoms with Crippen LogP contribution >= 0.6 is 0 Å². The average molecular weight is 378 g/mol. The van der Waals surface area contributed by atoms with E-state index in [2.05, 4.69) is 34.7 Å². The van der Waals surface area contributed by atoms with Crippen LogP contribution in [-0.4, -0.2) is 51.9 Å². The number of nitrogens with one attached hydrogen (secondary N) is 1. The van der Waals surface area contributed by atoms with Gasteiger partial charge in [-0.25, -0.2) is 13.1 Å². The Morgan fingerprint density at radius 3 is 2.42 bits per heavy atom. The van der Waals surface area contributed by atoms with E-state index in [4.69, 9.17) is 0 Å². The maximum absolute atomic E-state index is 12.8. The number of amides is 1. The number of nitrogens with zero attached hydrogens (tertiary/aromatic N) is 5. The van der Waals surface area contributed by atoms with E-state index in [0.29, 0.717) is 30.6 Å². The predicted octanol–water partition coefficient (Wildman–Crippen LogP) is 0.978. The molecule has 0 bridgehead atoms. The monoisotopic (exact) mass is 378 g/mol. The number of tetrazole rings is 1. The largest absolute Gasteiger partial charge is 0.324 e. The van der Waals surface area contributed by atoms with E-state index in [1.807, 2.05) is 0 Å². The van der Waals surface area contributed by atoms with Crippen molar-refractivity contribution in [2.75, 3.05) is 18.4 Å². The summed E-state index contributed by atoms with van der Waals surface area (Å²) in [5.41, 5.74) is 0.516. The molecule has 1 aliphatic rings. The fourth-order valence-electron chi connectivity index (χ4n) is 3.26. The Labute approximate surface area is 152 Å². The van der Waals surface area contributed by atoms with Crippen LogP contribution in [0, 0.1) is 11.8 Å². The molecule has 2 heterocycles. The van der Waals surface area contributed by atoms with E-state index < -0.39 is 10.0 Å². The van der Waals surface area contributed by atoms with Crippen molar-refractivity contribution in [3.05, 3.63) is 30.6 Å². The molecule has 0 saturated carbocycles. The second kappa shape index (κ2) is 7.50. The van der Waals surface area contributed by atoms with Crippen molar-refractivity contribution in [1.82, 2.24) is 24.5 Å². The molecule has 1 aromatic carbocycles. The van der Waals surface area contributed by atoms with Crippen molar-refractivity contribution < 1.29 is 13.2 Å². The molecule has 2 aromatic rings. The van der Waals surface area contributed by atoms with Crippen molar-refractivity contribution in [3.63, 3.8) is 0 Å². The molecule has 9 nitrogen and oxygen atoms in total. The van der Waals surface area contributed by atoms with E-state index >= 15 is 0 Å². The number of hydrogen-bond acceptors (Lipinski definition) is 6. The first-order chi connectivity index (χ1) is 12.3. The molecule has 26 heavy (non-hydrogen) atoms. The van der Waals surface area contributed by atoms with Gasteiger partial charge in [-0.1, -0.05) is 13.8 Å². The number of hydrogen-bond donors (Lipinski definition) is 1. The van der Waals surface area contributed by atoms with Crippen molar-refractivity contribution in [1.29, 1.82) is 0 Å². The Balaban J connectivity index is 1.67. The number of carbonyl (C=O) groups is 1. The van der Waals surface area contributed by atoms with Gasteiger partial charge in [0, 0.05) is 18.8 Å². The van der Waals surface area contributed by atoms with Crippen LogP contribution < -0.4 is 5.32 Å². The fraction of sp³-hybridized carbons (Fsp3) is 0.500. The molecule has 10 heteroatoms. The predicted molar refractivity (Wildman–Crippen MR) is 94.6 cm³/mol. The lowest BCUT2D eigenvalue weighted by Gasteiger charge is -2.34. The third-order valence-corrected chi connectivity index (χ3v) is 6.15. The molecule has 140 valence electrons. The average Bonchev–Trinajstić information content (AvgIpc) is 3.07. The van der Waals surface area contributed by atoms with Gasteiger partial charge in [0.1, 0.15) is 12.9 Å². The third-order valence-electron chi connectivity index (χ3n) is 4.31. The Hall–Kier alpha value is -2.33. The summed E-state index contributed by atoms with van der Waals surface area (Å²) in [5.74, 6) is 0.392. The second-order valence-corrected chi connectivity index (χ2v) is 8.79. The first kappa shape index (κ1) is 18.5. The van der Waals surface area contributed by atoms with Crippen LogP contribution in [0.15, 0.2) is 35.5 Å². The maximum Gasteiger partial charge on any atom is 0.246 e. The zero-order valence-corrected chi connectivity index (χ0v) is 15.6. The molecule has 2 atom stereocenters. The smallest absolute Gasteiger partial charge is 0.246 e. The summed E-state index contributed by atoms with van der Waals surface area (Å²) in [6.45, 7) is 5.20. The summed E-state index contributed by atoms with van der Waals surface area (Å²) in [4.78, 5) is 12.2. The highest BCUT2D eigenvalue weighted by Crippen LogP contribution is 2.27. The van der Waals surface area contributed by atoms with Gasteiger partial charge in [0.2, 0.25) is 15.9 Å². The van der Waals surface area contributed by atoms with Crippen molar-refractivity contribution in [3.8, 4) is 0 Å². The van der Waals surface area contributed by atoms with Crippen molar-refractivity contribution in [2.24, 2.45) is 11.8 Å². The summed E-state index contributed by atoms with van der Waals surface area (Å²) in [5, 5.41) is 13.2. The normalized spacial score (nSPS) is 21.5. The first-order valence-corrected chi connectivity index (χ1v) is 9.89. The Bertz CT molecular complexity index is 841. The quantitative estimate of drug-likeness (QED) is 0.830. The molecule has 0 radical (unpaired) electrons. The Morgan fingerprint density at radius 1 is 1.19 bits per heavy atom. The van der Waals surface area contributed by atoms with Crippen LogP contribution in [0.3, 0.4) is 0 Å². The number of carbonyl (C=O) groups excluding carboxylic acids is 1. The minimum Gasteiger partial charge on any atom is -0.324 e. The molecular weight excluding hydrogens is 356 g/mol. The number of aromatic nitrogens is 4. The lowest BCUT2D eigenvalue weighted by molar-refractivity contribution is -0.116. The molecule has 0 aliphatic carbocycles. The lowest BCUT2D eigenvalue weighted by Crippen LogP contribution is -2.42. The zero-order valence-electron chi connectivity index (χ0n) is 14.7. The van der Waals surface area contributed by atoms with Gasteiger partial charge in [-0.05, 0) is 52.9 Å². The van der Waals surface area contributed by atoms with E-state index in [1.165, 1.54) is 23.1 Å². The number of sulfonamides is 1. The molecule has 0 unspecified atom stereocenters. The van der Waals surface area contributed by atoms with Crippen LogP contribution in [0.4, 0.5) is 5.69 Å². The van der Waals surface area contributed by atoms with Crippen molar-refractivity contribution in [2.45, 2.75) is 31.7 Å². The van der Waals surface area contributed by atoms with Gasteiger partial charge in [0.25, 0.3) is 0 Å². The minimum absolute atomic E-state index is 0.0173. The highest BCUT2D eigenvalue weighted by atomic mass is 32.2. The molecule has 0 spiro atoms. The summed E-state index contributed by atoms with van der Waals surface area (Å²) >= 11 is 0. The maximum atomic E-state index is 12.8. The molecule has 1 fully saturated rings. The van der Waals surface area contributed by atoms with E-state index in [9.17, 15) is 13.2 Å². The summed E-state index contributed by atoms with van der Waals surface area (Å²) in [6, 6.07) is 6.21. The molecule has 1 amide bonds. The van der Waals surface area contributed by atoms with Gasteiger partial charge in [0.05, 0.1) is 4.90 Å². The van der Waals surface area contributed by atoms with Gasteiger partial charge in [-0.2, -0.15) is 4.31 Å². The number of rotatable bonds is 5. The molecule has 1 saturated heterocycles. The summed E-state index contributed by atoms with van der Waals surface area (Å²) in [6.07, 6.45) is 2.38. The van der Waals surface area contributed by atoms with Crippen LogP contribution in [0.2, 0.25) is 0 Å². The summed E-state index contributed by atoms with van der Waals surface area (Å²) in [7, 11) is -3.52. The van der Waals surface area contributed by atoms with Gasteiger partial charge in [0.15, 0.2) is 0 Å². The van der Waals surface area contributed by atoms with Gasteiger partial charge < -0.3 is 5.32 Å². The van der Waals surface area contributed by atoms with Crippen LogP contribution in [0.5, 0.6) is 0 Å². The number of piperidine rings is 1. The van der Waals surface area contributed by atoms with E-state index in [1.54, 1.807) is 16.4 Å². The topological polar surface area (TPSA) is 110 Å². The highest BCUT2D eigenvalue weighted by Gasteiger charge is 2.31. The first-order valence-electron chi connectivity index (χ1n) is 8.45. The standard InChI is InChI=1S/C16H22N6O3S/c1-12-7-13(2)9-22(8-12)26(24,25)15-5-3-14(4-6-15)18-16(23)10-21-11-17-19-20-21/h3-6,11-13H,7-10H2,1-2H3,(H,18,23)/t12-,13-/m0/s1. The molecular formula is C16H22N6O3S. The minimum atomic E-state index is -3.52. The van der Waals surface area contributed by atoms with Crippen LogP contribution in [0.1, 0.15) is 20.3 Å². The van der Waals surface area contributed by atoms with E-state index in [-0.39, 0.29) is 17.3 Å². The van der Waals surface area contributed by atoms with Crippen molar-refractivity contribution >= 4 is 21.6 Å². The fourth-order valence-corrected chi connectivity index (χ4v) is 4.94. The van der Waals surface area contributed by atoms with Gasteiger partial charge in [-0.15, -0.1) is 5.10 Å². The van der Waals surface area contributed by atoms with Gasteiger partial charge in [-0.3, -0.25) is 4.79 Å².